The molecule has 0 aliphatic rings. The van der Waals surface area contributed by atoms with E-state index in [2.05, 4.69) is 45.0 Å². The molecule has 0 saturated heterocycles. The van der Waals surface area contributed by atoms with Gasteiger partial charge in [0.1, 0.15) is 11.3 Å². The molecule has 1 N–H and O–H groups in total. The van der Waals surface area contributed by atoms with Crippen molar-refractivity contribution in [3.05, 3.63) is 51.5 Å². The normalized spacial score (nSPS) is 11.1. The van der Waals surface area contributed by atoms with E-state index in [0.717, 1.165) is 26.9 Å². The average Bonchev–Trinajstić information content (AvgIpc) is 2.73. The van der Waals surface area contributed by atoms with E-state index in [1.807, 2.05) is 24.3 Å². The van der Waals surface area contributed by atoms with Crippen LogP contribution in [0.2, 0.25) is 5.02 Å². The smallest absolute Gasteiger partial charge is 0.138 e. The van der Waals surface area contributed by atoms with Crippen LogP contribution in [0.4, 0.5) is 0 Å². The zero-order valence-electron chi connectivity index (χ0n) is 9.67. The maximum Gasteiger partial charge on any atom is 0.138 e. The highest BCUT2D eigenvalue weighted by Crippen LogP contribution is 2.30. The van der Waals surface area contributed by atoms with Crippen LogP contribution in [0, 0.1) is 6.92 Å². The lowest BCUT2D eigenvalue weighted by Crippen LogP contribution is -1.83. The Bertz CT molecular complexity index is 734. The number of imidazole rings is 1. The largest absolute Gasteiger partial charge is 0.338 e. The molecule has 0 unspecified atom stereocenters. The number of H-pyrrole nitrogens is 1. The van der Waals surface area contributed by atoms with Gasteiger partial charge in [0, 0.05) is 10.0 Å². The fourth-order valence-corrected chi connectivity index (χ4v) is 2.86. The Balaban J connectivity index is 2.26. The summed E-state index contributed by atoms with van der Waals surface area (Å²) in [5.74, 6) is 0.850. The first-order chi connectivity index (χ1) is 8.65. The Morgan fingerprint density at radius 3 is 2.78 bits per heavy atom. The van der Waals surface area contributed by atoms with E-state index in [9.17, 15) is 0 Å². The van der Waals surface area contributed by atoms with Crippen LogP contribution in [0.25, 0.3) is 22.4 Å². The molecule has 1 aromatic heterocycles. The summed E-state index contributed by atoms with van der Waals surface area (Å²) in [6.45, 7) is 2.07. The fourth-order valence-electron chi connectivity index (χ4n) is 2.01. The summed E-state index contributed by atoms with van der Waals surface area (Å²) in [4.78, 5) is 7.88. The van der Waals surface area contributed by atoms with E-state index in [1.54, 1.807) is 0 Å². The molecule has 2 aromatic carbocycles. The Morgan fingerprint density at radius 2 is 2.00 bits per heavy atom. The number of aromatic amines is 1. The van der Waals surface area contributed by atoms with Gasteiger partial charge in [-0.2, -0.15) is 0 Å². The zero-order chi connectivity index (χ0) is 12.7. The quantitative estimate of drug-likeness (QED) is 0.674. The van der Waals surface area contributed by atoms with E-state index in [0.29, 0.717) is 5.02 Å². The number of nitrogens with one attached hydrogen (secondary N) is 1. The average molecular weight is 322 g/mol. The van der Waals surface area contributed by atoms with Crippen LogP contribution in [0.5, 0.6) is 0 Å². The summed E-state index contributed by atoms with van der Waals surface area (Å²) in [6.07, 6.45) is 0. The van der Waals surface area contributed by atoms with Crippen LogP contribution in [-0.2, 0) is 0 Å². The molecule has 2 nitrogen and oxygen atoms in total. The molecule has 0 bridgehead atoms. The topological polar surface area (TPSA) is 28.7 Å². The molecule has 90 valence electrons. The number of fused-ring (bicyclic) bond motifs is 1. The van der Waals surface area contributed by atoms with Crippen LogP contribution in [0.3, 0.4) is 0 Å². The summed E-state index contributed by atoms with van der Waals surface area (Å²) in [6, 6.07) is 12.0. The Kier molecular flexibility index (Phi) is 2.88. The second-order valence-corrected chi connectivity index (χ2v) is 5.51. The van der Waals surface area contributed by atoms with Crippen molar-refractivity contribution in [3.63, 3.8) is 0 Å². The third-order valence-electron chi connectivity index (χ3n) is 2.91. The molecule has 0 fully saturated rings. The van der Waals surface area contributed by atoms with Gasteiger partial charge < -0.3 is 4.98 Å². The number of nitrogens with zero attached hydrogens (tertiary/aromatic N) is 1. The maximum atomic E-state index is 6.19. The lowest BCUT2D eigenvalue weighted by Gasteiger charge is -2.00. The van der Waals surface area contributed by atoms with Crippen molar-refractivity contribution < 1.29 is 0 Å². The molecule has 1 heterocycles. The number of benzene rings is 2. The van der Waals surface area contributed by atoms with Crippen molar-refractivity contribution in [2.75, 3.05) is 0 Å². The predicted molar refractivity (Wildman–Crippen MR) is 79.0 cm³/mol. The summed E-state index contributed by atoms with van der Waals surface area (Å²) in [7, 11) is 0. The minimum absolute atomic E-state index is 0.649. The van der Waals surface area contributed by atoms with E-state index in [1.165, 1.54) is 5.56 Å². The maximum absolute atomic E-state index is 6.19. The molecule has 0 saturated carbocycles. The summed E-state index contributed by atoms with van der Waals surface area (Å²) >= 11 is 9.62. The highest BCUT2D eigenvalue weighted by molar-refractivity contribution is 9.10. The van der Waals surface area contributed by atoms with Gasteiger partial charge in [-0.25, -0.2) is 4.98 Å². The van der Waals surface area contributed by atoms with Crippen molar-refractivity contribution in [2.45, 2.75) is 6.92 Å². The number of halogens is 2. The van der Waals surface area contributed by atoms with Crippen LogP contribution >= 0.6 is 27.5 Å². The van der Waals surface area contributed by atoms with Crippen molar-refractivity contribution in [1.82, 2.24) is 9.97 Å². The second-order valence-electron chi connectivity index (χ2n) is 4.18. The van der Waals surface area contributed by atoms with Gasteiger partial charge in [-0.1, -0.05) is 51.8 Å². The number of hydrogen-bond donors (Lipinski definition) is 1. The molecule has 0 amide bonds. The molecule has 0 radical (unpaired) electrons. The van der Waals surface area contributed by atoms with Crippen molar-refractivity contribution in [3.8, 4) is 11.4 Å². The summed E-state index contributed by atoms with van der Waals surface area (Å²) in [5, 5.41) is 0.649. The third kappa shape index (κ3) is 1.93. The van der Waals surface area contributed by atoms with Crippen LogP contribution in [0.1, 0.15) is 5.56 Å². The first kappa shape index (κ1) is 11.8. The standard InChI is InChI=1S/C14H10BrClN2/c1-8-4-2-3-5-10(8)14-17-12-7-9(15)6-11(16)13(12)18-14/h2-7H,1H3,(H,17,18). The lowest BCUT2D eigenvalue weighted by atomic mass is 10.1. The molecule has 18 heavy (non-hydrogen) atoms. The van der Waals surface area contributed by atoms with E-state index < -0.39 is 0 Å². The first-order valence-corrected chi connectivity index (χ1v) is 6.73. The van der Waals surface area contributed by atoms with Crippen molar-refractivity contribution >= 4 is 38.6 Å². The molecule has 0 aliphatic carbocycles. The fraction of sp³-hybridized carbons (Fsp3) is 0.0714. The molecule has 0 atom stereocenters. The van der Waals surface area contributed by atoms with E-state index in [4.69, 9.17) is 11.6 Å². The van der Waals surface area contributed by atoms with Crippen LogP contribution in [0.15, 0.2) is 40.9 Å². The van der Waals surface area contributed by atoms with Gasteiger partial charge in [-0.05, 0) is 24.6 Å². The molecular weight excluding hydrogens is 312 g/mol. The summed E-state index contributed by atoms with van der Waals surface area (Å²) in [5.41, 5.74) is 4.03. The minimum Gasteiger partial charge on any atom is -0.338 e. The SMILES string of the molecule is Cc1ccccc1-c1nc2c(Cl)cc(Br)cc2[nH]1. The molecule has 0 aliphatic heterocycles. The number of hydrogen-bond acceptors (Lipinski definition) is 1. The van der Waals surface area contributed by atoms with Gasteiger partial charge in [-0.15, -0.1) is 0 Å². The van der Waals surface area contributed by atoms with E-state index in [-0.39, 0.29) is 0 Å². The monoisotopic (exact) mass is 320 g/mol. The van der Waals surface area contributed by atoms with E-state index >= 15 is 0 Å². The molecule has 4 heteroatoms. The van der Waals surface area contributed by atoms with Gasteiger partial charge in [0.2, 0.25) is 0 Å². The Morgan fingerprint density at radius 1 is 1.22 bits per heavy atom. The van der Waals surface area contributed by atoms with Gasteiger partial charge in [0.05, 0.1) is 10.5 Å². The number of aromatic nitrogens is 2. The molecule has 3 rings (SSSR count). The Labute approximate surface area is 118 Å². The highest BCUT2D eigenvalue weighted by atomic mass is 79.9. The van der Waals surface area contributed by atoms with Gasteiger partial charge >= 0.3 is 0 Å². The van der Waals surface area contributed by atoms with Crippen molar-refractivity contribution in [1.29, 1.82) is 0 Å². The molecular formula is C14H10BrClN2. The van der Waals surface area contributed by atoms with Gasteiger partial charge in [-0.3, -0.25) is 0 Å². The highest BCUT2D eigenvalue weighted by Gasteiger charge is 2.10. The summed E-state index contributed by atoms with van der Waals surface area (Å²) < 4.78 is 0.944. The van der Waals surface area contributed by atoms with Crippen LogP contribution < -0.4 is 0 Å². The molecule has 0 spiro atoms. The number of aryl methyl sites for hydroxylation is 1. The minimum atomic E-state index is 0.649. The van der Waals surface area contributed by atoms with Gasteiger partial charge in [0.25, 0.3) is 0 Å². The van der Waals surface area contributed by atoms with Crippen LogP contribution in [-0.4, -0.2) is 9.97 Å². The number of rotatable bonds is 1. The lowest BCUT2D eigenvalue weighted by molar-refractivity contribution is 1.31. The predicted octanol–water partition coefficient (Wildman–Crippen LogP) is 4.95. The second kappa shape index (κ2) is 4.41. The zero-order valence-corrected chi connectivity index (χ0v) is 12.0. The van der Waals surface area contributed by atoms with Gasteiger partial charge in [0.15, 0.2) is 0 Å². The third-order valence-corrected chi connectivity index (χ3v) is 3.65. The van der Waals surface area contributed by atoms with Crippen molar-refractivity contribution in [2.24, 2.45) is 0 Å². The molecule has 3 aromatic rings. The first-order valence-electron chi connectivity index (χ1n) is 5.56. The Hall–Kier alpha value is -1.32.